The number of thiazole rings is 1. The fourth-order valence-corrected chi connectivity index (χ4v) is 4.64. The van der Waals surface area contributed by atoms with Gasteiger partial charge in [-0.15, -0.1) is 22.7 Å². The van der Waals surface area contributed by atoms with E-state index in [-0.39, 0.29) is 18.5 Å². The maximum atomic E-state index is 12.9. The topological polar surface area (TPSA) is 70.5 Å². The summed E-state index contributed by atoms with van der Waals surface area (Å²) in [6.45, 7) is 4.09. The number of carboxylic acids is 1. The fraction of sp³-hybridized carbons (Fsp3) is 0.438. The molecule has 1 saturated heterocycles. The van der Waals surface area contributed by atoms with Gasteiger partial charge in [-0.3, -0.25) is 9.59 Å². The zero-order chi connectivity index (χ0) is 16.6. The second-order valence-electron chi connectivity index (χ2n) is 5.83. The van der Waals surface area contributed by atoms with Gasteiger partial charge in [-0.05, 0) is 38.1 Å². The average Bonchev–Trinajstić information content (AvgIpc) is 3.16. The molecule has 122 valence electrons. The van der Waals surface area contributed by atoms with Crippen molar-refractivity contribution in [3.05, 3.63) is 28.1 Å². The van der Waals surface area contributed by atoms with Crippen molar-refractivity contribution in [3.63, 3.8) is 0 Å². The van der Waals surface area contributed by atoms with Crippen LogP contribution in [-0.2, 0) is 4.79 Å². The number of hydrogen-bond acceptors (Lipinski definition) is 5. The summed E-state index contributed by atoms with van der Waals surface area (Å²) in [5, 5.41) is 12.1. The molecule has 0 radical (unpaired) electrons. The van der Waals surface area contributed by atoms with E-state index in [1.807, 2.05) is 31.4 Å². The van der Waals surface area contributed by atoms with Crippen molar-refractivity contribution in [1.29, 1.82) is 0 Å². The number of hydrogen-bond donors (Lipinski definition) is 1. The summed E-state index contributed by atoms with van der Waals surface area (Å²) < 4.78 is 0. The third kappa shape index (κ3) is 3.16. The number of nitrogens with zero attached hydrogens (tertiary/aromatic N) is 2. The molecule has 1 aliphatic heterocycles. The molecule has 2 aromatic rings. The number of aromatic nitrogens is 1. The fourth-order valence-electron chi connectivity index (χ4n) is 2.82. The molecular weight excluding hydrogens is 332 g/mol. The Kier molecular flexibility index (Phi) is 4.50. The molecule has 5 nitrogen and oxygen atoms in total. The Morgan fingerprint density at radius 3 is 2.83 bits per heavy atom. The lowest BCUT2D eigenvalue weighted by Gasteiger charge is -2.36. The van der Waals surface area contributed by atoms with Gasteiger partial charge in [0.15, 0.2) is 0 Å². The summed E-state index contributed by atoms with van der Waals surface area (Å²) in [6, 6.07) is 4.01. The van der Waals surface area contributed by atoms with Crippen LogP contribution in [0.4, 0.5) is 0 Å². The normalized spacial score (nSPS) is 21.4. The quantitative estimate of drug-likeness (QED) is 0.920. The second-order valence-corrected chi connectivity index (χ2v) is 7.78. The summed E-state index contributed by atoms with van der Waals surface area (Å²) >= 11 is 2.99. The van der Waals surface area contributed by atoms with E-state index in [0.29, 0.717) is 17.0 Å². The van der Waals surface area contributed by atoms with E-state index in [4.69, 9.17) is 0 Å². The first-order valence-electron chi connectivity index (χ1n) is 7.52. The molecule has 0 bridgehead atoms. The van der Waals surface area contributed by atoms with Crippen molar-refractivity contribution in [2.45, 2.75) is 32.7 Å². The second kappa shape index (κ2) is 6.41. The first-order valence-corrected chi connectivity index (χ1v) is 9.22. The first kappa shape index (κ1) is 16.1. The number of carbonyl (C=O) groups excluding carboxylic acids is 1. The van der Waals surface area contributed by atoms with Gasteiger partial charge < -0.3 is 10.0 Å². The van der Waals surface area contributed by atoms with Gasteiger partial charge in [0.2, 0.25) is 0 Å². The highest BCUT2D eigenvalue weighted by Crippen LogP contribution is 2.33. The zero-order valence-electron chi connectivity index (χ0n) is 13.0. The molecule has 2 aromatic heterocycles. The number of likely N-dealkylation sites (tertiary alicyclic amines) is 1. The number of amides is 1. The molecule has 1 amide bonds. The highest BCUT2D eigenvalue weighted by Gasteiger charge is 2.34. The standard InChI is InChI=1S/C16H18N2O3S2/c1-9-5-6-11(16(20)21)8-18(9)15(19)13-10(2)17-14(23-13)12-4-3-7-22-12/h3-4,7,9,11H,5-6,8H2,1-2H3,(H,20,21). The monoisotopic (exact) mass is 350 g/mol. The number of thiophene rings is 1. The summed E-state index contributed by atoms with van der Waals surface area (Å²) in [5.41, 5.74) is 0.716. The molecule has 0 aromatic carbocycles. The number of piperidine rings is 1. The van der Waals surface area contributed by atoms with Gasteiger partial charge in [-0.1, -0.05) is 6.07 Å². The number of aliphatic carboxylic acids is 1. The van der Waals surface area contributed by atoms with Crippen molar-refractivity contribution >= 4 is 34.6 Å². The molecule has 7 heteroatoms. The minimum absolute atomic E-state index is 0.0600. The van der Waals surface area contributed by atoms with Crippen molar-refractivity contribution in [1.82, 2.24) is 9.88 Å². The lowest BCUT2D eigenvalue weighted by Crippen LogP contribution is -2.47. The van der Waals surface area contributed by atoms with Crippen LogP contribution in [-0.4, -0.2) is 39.5 Å². The molecule has 1 fully saturated rings. The van der Waals surface area contributed by atoms with Crippen LogP contribution >= 0.6 is 22.7 Å². The zero-order valence-corrected chi connectivity index (χ0v) is 14.6. The molecular formula is C16H18N2O3S2. The summed E-state index contributed by atoms with van der Waals surface area (Å²) in [5.74, 6) is -1.39. The van der Waals surface area contributed by atoms with Crippen LogP contribution in [0.3, 0.4) is 0 Å². The van der Waals surface area contributed by atoms with Crippen LogP contribution in [0.15, 0.2) is 17.5 Å². The van der Waals surface area contributed by atoms with E-state index in [1.54, 1.807) is 16.2 Å². The molecule has 3 heterocycles. The van der Waals surface area contributed by atoms with Crippen molar-refractivity contribution in [3.8, 4) is 9.88 Å². The molecule has 0 saturated carbocycles. The largest absolute Gasteiger partial charge is 0.481 e. The molecule has 3 rings (SSSR count). The first-order chi connectivity index (χ1) is 11.0. The van der Waals surface area contributed by atoms with E-state index >= 15 is 0 Å². The van der Waals surface area contributed by atoms with E-state index in [9.17, 15) is 14.7 Å². The molecule has 0 aliphatic carbocycles. The predicted octanol–water partition coefficient (Wildman–Crippen LogP) is 3.51. The summed E-state index contributed by atoms with van der Waals surface area (Å²) in [4.78, 5) is 32.0. The summed E-state index contributed by atoms with van der Waals surface area (Å²) in [7, 11) is 0. The van der Waals surface area contributed by atoms with Gasteiger partial charge in [-0.2, -0.15) is 0 Å². The Bertz CT molecular complexity index is 724. The smallest absolute Gasteiger partial charge is 0.308 e. The van der Waals surface area contributed by atoms with Crippen molar-refractivity contribution < 1.29 is 14.7 Å². The third-order valence-corrected chi connectivity index (χ3v) is 6.40. The number of aryl methyl sites for hydroxylation is 1. The van der Waals surface area contributed by atoms with E-state index in [0.717, 1.165) is 16.3 Å². The minimum Gasteiger partial charge on any atom is -0.481 e. The molecule has 2 atom stereocenters. The van der Waals surface area contributed by atoms with Gasteiger partial charge in [0.05, 0.1) is 16.5 Å². The van der Waals surface area contributed by atoms with Crippen LogP contribution < -0.4 is 0 Å². The van der Waals surface area contributed by atoms with Gasteiger partial charge in [0.25, 0.3) is 5.91 Å². The lowest BCUT2D eigenvalue weighted by atomic mass is 9.93. The van der Waals surface area contributed by atoms with Gasteiger partial charge in [0.1, 0.15) is 9.88 Å². The molecule has 1 N–H and O–H groups in total. The van der Waals surface area contributed by atoms with Crippen LogP contribution in [0, 0.1) is 12.8 Å². The Morgan fingerprint density at radius 2 is 2.17 bits per heavy atom. The van der Waals surface area contributed by atoms with Crippen LogP contribution in [0.25, 0.3) is 9.88 Å². The van der Waals surface area contributed by atoms with Crippen molar-refractivity contribution in [2.75, 3.05) is 6.54 Å². The highest BCUT2D eigenvalue weighted by molar-refractivity contribution is 7.22. The Labute approximate surface area is 142 Å². The lowest BCUT2D eigenvalue weighted by molar-refractivity contribution is -0.143. The van der Waals surface area contributed by atoms with Crippen LogP contribution in [0.1, 0.15) is 35.1 Å². The van der Waals surface area contributed by atoms with E-state index in [2.05, 4.69) is 4.98 Å². The van der Waals surface area contributed by atoms with Crippen LogP contribution in [0.2, 0.25) is 0 Å². The van der Waals surface area contributed by atoms with Crippen LogP contribution in [0.5, 0.6) is 0 Å². The SMILES string of the molecule is Cc1nc(-c2cccs2)sc1C(=O)N1CC(C(=O)O)CCC1C. The van der Waals surface area contributed by atoms with Gasteiger partial charge >= 0.3 is 5.97 Å². The average molecular weight is 350 g/mol. The van der Waals surface area contributed by atoms with Gasteiger partial charge in [0, 0.05) is 12.6 Å². The highest BCUT2D eigenvalue weighted by atomic mass is 32.1. The maximum absolute atomic E-state index is 12.9. The minimum atomic E-state index is -0.824. The number of carboxylic acid groups (broad SMARTS) is 1. The Balaban J connectivity index is 1.86. The number of rotatable bonds is 3. The molecule has 23 heavy (non-hydrogen) atoms. The molecule has 0 spiro atoms. The maximum Gasteiger partial charge on any atom is 0.308 e. The Hall–Kier alpha value is -1.73. The van der Waals surface area contributed by atoms with Crippen molar-refractivity contribution in [2.24, 2.45) is 5.92 Å². The number of carbonyl (C=O) groups is 2. The predicted molar refractivity (Wildman–Crippen MR) is 91.0 cm³/mol. The molecule has 2 unspecified atom stereocenters. The van der Waals surface area contributed by atoms with E-state index in [1.165, 1.54) is 11.3 Å². The van der Waals surface area contributed by atoms with E-state index < -0.39 is 11.9 Å². The van der Waals surface area contributed by atoms with Gasteiger partial charge in [-0.25, -0.2) is 4.98 Å². The molecule has 1 aliphatic rings. The summed E-state index contributed by atoms with van der Waals surface area (Å²) in [6.07, 6.45) is 1.35. The third-order valence-electron chi connectivity index (χ3n) is 4.21. The Morgan fingerprint density at radius 1 is 1.39 bits per heavy atom.